The van der Waals surface area contributed by atoms with E-state index >= 15 is 0 Å². The highest BCUT2D eigenvalue weighted by Gasteiger charge is 1.83. The van der Waals surface area contributed by atoms with Crippen LogP contribution in [0.3, 0.4) is 0 Å². The average Bonchev–Trinajstić information content (AvgIpc) is 1.68. The van der Waals surface area contributed by atoms with Crippen LogP contribution in [0.4, 0.5) is 0 Å². The van der Waals surface area contributed by atoms with Crippen LogP contribution in [0.15, 0.2) is 5.57 Å². The van der Waals surface area contributed by atoms with Gasteiger partial charge in [-0.3, -0.25) is 0 Å². The van der Waals surface area contributed by atoms with E-state index in [0.29, 0.717) is 5.57 Å². The first-order chi connectivity index (χ1) is 3.31. The number of rotatable bonds is 2. The molecule has 7 heavy (non-hydrogen) atoms. The fourth-order valence-electron chi connectivity index (χ4n) is 0.325. The van der Waals surface area contributed by atoms with Crippen molar-refractivity contribution in [3.8, 4) is 6.07 Å². The van der Waals surface area contributed by atoms with Gasteiger partial charge in [0.15, 0.2) is 0 Å². The molecule has 1 nitrogen and oxygen atoms in total. The molecule has 0 rings (SSSR count). The molecule has 0 aromatic heterocycles. The molecule has 0 bridgehead atoms. The van der Waals surface area contributed by atoms with Gasteiger partial charge in [0.25, 0.3) is 0 Å². The predicted molar refractivity (Wildman–Crippen MR) is 28.3 cm³/mol. The minimum absolute atomic E-state index is 0.433. The molecule has 1 radical (unpaired) electrons. The van der Waals surface area contributed by atoms with Crippen molar-refractivity contribution in [2.24, 2.45) is 0 Å². The minimum atomic E-state index is 0.433. The van der Waals surface area contributed by atoms with Crippen LogP contribution in [-0.2, 0) is 0 Å². The van der Waals surface area contributed by atoms with Crippen LogP contribution in [0, 0.1) is 17.9 Å². The lowest BCUT2D eigenvalue weighted by molar-refractivity contribution is 0.930. The summed E-state index contributed by atoms with van der Waals surface area (Å²) in [5.41, 5.74) is 0.433. The van der Waals surface area contributed by atoms with Crippen molar-refractivity contribution in [2.45, 2.75) is 19.8 Å². The molecule has 0 aliphatic heterocycles. The standard InChI is InChI=1S/C6H8N/c1-3-4-6(2)5-7/h2H,3-4H2,1H3. The second-order valence-electron chi connectivity index (χ2n) is 1.39. The Morgan fingerprint density at radius 2 is 2.43 bits per heavy atom. The van der Waals surface area contributed by atoms with Crippen LogP contribution in [0.1, 0.15) is 19.8 Å². The summed E-state index contributed by atoms with van der Waals surface area (Å²) in [6.45, 7) is 7.13. The van der Waals surface area contributed by atoms with E-state index in [9.17, 15) is 0 Å². The maximum atomic E-state index is 8.05. The topological polar surface area (TPSA) is 23.8 Å². The summed E-state index contributed by atoms with van der Waals surface area (Å²) in [6, 6.07) is 1.86. The fourth-order valence-corrected chi connectivity index (χ4v) is 0.325. The molecular formula is C6H8N. The lowest BCUT2D eigenvalue weighted by atomic mass is 10.2. The van der Waals surface area contributed by atoms with Crippen LogP contribution in [0.25, 0.3) is 0 Å². The molecule has 0 fully saturated rings. The van der Waals surface area contributed by atoms with Gasteiger partial charge in [-0.2, -0.15) is 5.26 Å². The van der Waals surface area contributed by atoms with Crippen molar-refractivity contribution < 1.29 is 0 Å². The molecule has 0 aliphatic rings. The molecule has 37 valence electrons. The van der Waals surface area contributed by atoms with Gasteiger partial charge in [0.1, 0.15) is 0 Å². The summed E-state index contributed by atoms with van der Waals surface area (Å²) in [4.78, 5) is 0. The van der Waals surface area contributed by atoms with Crippen molar-refractivity contribution in [3.63, 3.8) is 0 Å². The third-order valence-corrected chi connectivity index (χ3v) is 0.663. The number of nitriles is 1. The lowest BCUT2D eigenvalue weighted by Crippen LogP contribution is -1.70. The van der Waals surface area contributed by atoms with Gasteiger partial charge in [-0.1, -0.05) is 13.3 Å². The van der Waals surface area contributed by atoms with Gasteiger partial charge in [-0.25, -0.2) is 0 Å². The zero-order valence-electron chi connectivity index (χ0n) is 4.44. The summed E-state index contributed by atoms with van der Waals surface area (Å²) < 4.78 is 0. The Hall–Kier alpha value is -0.770. The Labute approximate surface area is 44.3 Å². The van der Waals surface area contributed by atoms with Gasteiger partial charge in [0.05, 0.1) is 6.07 Å². The van der Waals surface area contributed by atoms with E-state index in [2.05, 4.69) is 0 Å². The van der Waals surface area contributed by atoms with E-state index in [4.69, 9.17) is 11.8 Å². The number of nitrogens with zero attached hydrogens (tertiary/aromatic N) is 1. The molecule has 0 saturated heterocycles. The minimum Gasteiger partial charge on any atom is -0.193 e. The molecule has 0 aromatic rings. The lowest BCUT2D eigenvalue weighted by Gasteiger charge is -1.83. The molecule has 0 heterocycles. The molecule has 0 aliphatic carbocycles. The summed E-state index contributed by atoms with van der Waals surface area (Å²) >= 11 is 0. The second kappa shape index (κ2) is 3.42. The normalized spacial score (nSPS) is 7.43. The summed E-state index contributed by atoms with van der Waals surface area (Å²) in [5.74, 6) is 0. The third kappa shape index (κ3) is 3.05. The van der Waals surface area contributed by atoms with E-state index in [1.165, 1.54) is 0 Å². The first kappa shape index (κ1) is 6.23. The molecule has 0 amide bonds. The van der Waals surface area contributed by atoms with Crippen molar-refractivity contribution in [3.05, 3.63) is 12.2 Å². The van der Waals surface area contributed by atoms with Crippen LogP contribution in [0.5, 0.6) is 0 Å². The predicted octanol–water partition coefficient (Wildman–Crippen LogP) is 1.67. The molecular weight excluding hydrogens is 86.1 g/mol. The molecule has 0 N–H and O–H groups in total. The Morgan fingerprint density at radius 1 is 1.86 bits per heavy atom. The van der Waals surface area contributed by atoms with Gasteiger partial charge in [-0.05, 0) is 13.0 Å². The average molecular weight is 94.1 g/mol. The van der Waals surface area contributed by atoms with Gasteiger partial charge in [0, 0.05) is 5.57 Å². The van der Waals surface area contributed by atoms with E-state index in [0.717, 1.165) is 12.8 Å². The van der Waals surface area contributed by atoms with Gasteiger partial charge >= 0.3 is 0 Å². The second-order valence-corrected chi connectivity index (χ2v) is 1.39. The number of hydrogen-bond donors (Lipinski definition) is 0. The van der Waals surface area contributed by atoms with Crippen LogP contribution >= 0.6 is 0 Å². The highest BCUT2D eigenvalue weighted by molar-refractivity contribution is 5.12. The van der Waals surface area contributed by atoms with E-state index in [1.807, 2.05) is 13.0 Å². The number of allylic oxidation sites excluding steroid dienone is 1. The SMILES string of the molecule is [CH]=C(C#N)CCC. The fraction of sp³-hybridized carbons (Fsp3) is 0.500. The quantitative estimate of drug-likeness (QED) is 0.477. The van der Waals surface area contributed by atoms with Gasteiger partial charge in [0.2, 0.25) is 0 Å². The Morgan fingerprint density at radius 3 is 2.57 bits per heavy atom. The highest BCUT2D eigenvalue weighted by Crippen LogP contribution is 1.96. The van der Waals surface area contributed by atoms with E-state index in [-0.39, 0.29) is 0 Å². The molecule has 0 spiro atoms. The van der Waals surface area contributed by atoms with Crippen molar-refractivity contribution in [2.75, 3.05) is 0 Å². The van der Waals surface area contributed by atoms with E-state index < -0.39 is 0 Å². The van der Waals surface area contributed by atoms with Crippen LogP contribution < -0.4 is 0 Å². The third-order valence-electron chi connectivity index (χ3n) is 0.663. The largest absolute Gasteiger partial charge is 0.193 e. The van der Waals surface area contributed by atoms with Crippen molar-refractivity contribution >= 4 is 0 Å². The maximum absolute atomic E-state index is 8.05. The first-order valence-corrected chi connectivity index (χ1v) is 2.32. The Balaban J connectivity index is 3.24. The molecule has 0 saturated carbocycles. The smallest absolute Gasteiger partial charge is 0.0947 e. The zero-order chi connectivity index (χ0) is 5.70. The highest BCUT2D eigenvalue weighted by atomic mass is 14.2. The zero-order valence-corrected chi connectivity index (χ0v) is 4.44. The summed E-state index contributed by atoms with van der Waals surface area (Å²) in [6.07, 6.45) is 1.69. The van der Waals surface area contributed by atoms with Gasteiger partial charge in [-0.15, -0.1) is 0 Å². The number of hydrogen-bond acceptors (Lipinski definition) is 1. The van der Waals surface area contributed by atoms with Crippen LogP contribution in [-0.4, -0.2) is 0 Å². The monoisotopic (exact) mass is 94.1 g/mol. The van der Waals surface area contributed by atoms with Crippen molar-refractivity contribution in [1.82, 2.24) is 0 Å². The maximum Gasteiger partial charge on any atom is 0.0947 e. The molecule has 0 aromatic carbocycles. The summed E-state index contributed by atoms with van der Waals surface area (Å²) in [7, 11) is 0. The molecule has 0 unspecified atom stereocenters. The molecule has 0 atom stereocenters. The molecule has 1 heteroatoms. The first-order valence-electron chi connectivity index (χ1n) is 2.32. The van der Waals surface area contributed by atoms with Gasteiger partial charge < -0.3 is 0 Å². The van der Waals surface area contributed by atoms with Crippen LogP contribution in [0.2, 0.25) is 0 Å². The Kier molecular flexibility index (Phi) is 3.04. The van der Waals surface area contributed by atoms with E-state index in [1.54, 1.807) is 0 Å². The summed E-state index contributed by atoms with van der Waals surface area (Å²) in [5, 5.41) is 8.05. The Bertz CT molecular complexity index is 97.2. The van der Waals surface area contributed by atoms with Crippen molar-refractivity contribution in [1.29, 1.82) is 5.26 Å².